The van der Waals surface area contributed by atoms with Gasteiger partial charge in [0, 0.05) is 25.3 Å². The molecule has 0 amide bonds. The molecule has 0 aromatic heterocycles. The van der Waals surface area contributed by atoms with Gasteiger partial charge in [0.25, 0.3) is 0 Å². The van der Waals surface area contributed by atoms with Crippen molar-refractivity contribution in [2.45, 2.75) is 56.4 Å². The first kappa shape index (κ1) is 40.1. The van der Waals surface area contributed by atoms with Gasteiger partial charge in [-0.25, -0.2) is 8.42 Å². The second-order valence-electron chi connectivity index (χ2n) is 12.1. The molecule has 0 unspecified atom stereocenters. The predicted octanol–water partition coefficient (Wildman–Crippen LogP) is 5.26. The Morgan fingerprint density at radius 1 is 0.800 bits per heavy atom. The zero-order valence-electron chi connectivity index (χ0n) is 29.8. The number of rotatable bonds is 16. The van der Waals surface area contributed by atoms with E-state index in [1.807, 2.05) is 12.1 Å². The summed E-state index contributed by atoms with van der Waals surface area (Å²) in [5.74, 6) is 2.33. The summed E-state index contributed by atoms with van der Waals surface area (Å²) >= 11 is 0. The normalized spacial score (nSPS) is 16.6. The number of benzene rings is 3. The molecule has 50 heavy (non-hydrogen) atoms. The van der Waals surface area contributed by atoms with Gasteiger partial charge in [-0.15, -0.1) is 0 Å². The van der Waals surface area contributed by atoms with Gasteiger partial charge in [0.1, 0.15) is 16.2 Å². The molecular weight excluding hydrogens is 666 g/mol. The smallest absolute Gasteiger partial charge is 0.311 e. The van der Waals surface area contributed by atoms with Crippen molar-refractivity contribution in [3.63, 3.8) is 0 Å². The van der Waals surface area contributed by atoms with Gasteiger partial charge >= 0.3 is 11.9 Å². The van der Waals surface area contributed by atoms with Crippen LogP contribution in [0.15, 0.2) is 65.6 Å². The first-order valence-corrected chi connectivity index (χ1v) is 17.9. The molecule has 2 atom stereocenters. The van der Waals surface area contributed by atoms with Crippen LogP contribution in [-0.4, -0.2) is 91.2 Å². The highest BCUT2D eigenvalue weighted by Crippen LogP contribution is 2.43. The maximum Gasteiger partial charge on any atom is 0.311 e. The Bertz CT molecular complexity index is 1660. The van der Waals surface area contributed by atoms with E-state index in [4.69, 9.17) is 28.4 Å². The number of nitrogens with zero attached hydrogens (tertiary/aromatic N) is 1. The molecule has 274 valence electrons. The Hall–Kier alpha value is -4.33. The Kier molecular flexibility index (Phi) is 15.4. The zero-order chi connectivity index (χ0) is 36.7. The van der Waals surface area contributed by atoms with Crippen molar-refractivity contribution >= 4 is 22.1 Å². The zero-order valence-corrected chi connectivity index (χ0v) is 30.6. The van der Waals surface area contributed by atoms with E-state index in [0.29, 0.717) is 47.9 Å². The quantitative estimate of drug-likeness (QED) is 0.0828. The third-order valence-electron chi connectivity index (χ3n) is 8.74. The van der Waals surface area contributed by atoms with Crippen molar-refractivity contribution < 1.29 is 55.5 Å². The predicted molar refractivity (Wildman–Crippen MR) is 186 cm³/mol. The number of esters is 2. The third kappa shape index (κ3) is 11.6. The third-order valence-corrected chi connectivity index (χ3v) is 9.59. The van der Waals surface area contributed by atoms with Crippen molar-refractivity contribution in [3.05, 3.63) is 77.4 Å². The number of hydrogen-bond acceptors (Lipinski definition) is 11. The topological polar surface area (TPSA) is 147 Å². The standard InChI is InChI=1S/C31H44NO8.C6H6O3S/c1-22(33)39-16-8-7-9-17-40-31(34)13-15-32(2)14-12-24-20-29(37-5)30(38-6)21-25(24)26(32)18-23-10-11-27(35-3)28(19-23)36-4;7-10(8,9)6-4-2-1-3-5-6/h10-11,19-21,26H,7-9,12-18H2,1-6H3;1-5H,(H,7,8,9)/q+1;/p-1/t26-,32+;/m1./s1. The minimum Gasteiger partial charge on any atom is -0.744 e. The fourth-order valence-electron chi connectivity index (χ4n) is 5.95. The van der Waals surface area contributed by atoms with Crippen molar-refractivity contribution in [1.29, 1.82) is 0 Å². The Labute approximate surface area is 295 Å². The molecule has 4 rings (SSSR count). The second-order valence-corrected chi connectivity index (χ2v) is 13.5. The number of fused-ring (bicyclic) bond motifs is 1. The van der Waals surface area contributed by atoms with Gasteiger partial charge < -0.3 is 37.5 Å². The highest BCUT2D eigenvalue weighted by Gasteiger charge is 2.40. The van der Waals surface area contributed by atoms with Crippen LogP contribution in [-0.2, 0) is 42.0 Å². The van der Waals surface area contributed by atoms with Gasteiger partial charge in [-0.05, 0) is 66.8 Å². The highest BCUT2D eigenvalue weighted by molar-refractivity contribution is 7.85. The van der Waals surface area contributed by atoms with Crippen LogP contribution >= 0.6 is 0 Å². The molecule has 0 saturated heterocycles. The first-order valence-electron chi connectivity index (χ1n) is 16.4. The van der Waals surface area contributed by atoms with Gasteiger partial charge in [0.05, 0.1) is 73.1 Å². The van der Waals surface area contributed by atoms with E-state index in [9.17, 15) is 22.6 Å². The molecule has 13 heteroatoms. The number of likely N-dealkylation sites (N-methyl/N-ethyl adjacent to an activating group) is 1. The Morgan fingerprint density at radius 2 is 1.40 bits per heavy atom. The monoisotopic (exact) mass is 715 g/mol. The molecule has 0 aliphatic carbocycles. The van der Waals surface area contributed by atoms with Crippen LogP contribution < -0.4 is 18.9 Å². The van der Waals surface area contributed by atoms with Crippen LogP contribution in [0.3, 0.4) is 0 Å². The SMILES string of the molecule is COc1ccc(C[C@@H]2c3cc(OC)c(OC)cc3CC[N@@+]2(C)CCC(=O)OCCCCCOC(C)=O)cc1OC.O=S(=O)([O-])c1ccccc1. The number of carbonyl (C=O) groups excluding carboxylic acids is 2. The summed E-state index contributed by atoms with van der Waals surface area (Å²) in [6, 6.07) is 17.5. The number of ether oxygens (including phenoxy) is 6. The van der Waals surface area contributed by atoms with Crippen LogP contribution in [0.5, 0.6) is 23.0 Å². The second kappa shape index (κ2) is 19.2. The highest BCUT2D eigenvalue weighted by atomic mass is 32.2. The van der Waals surface area contributed by atoms with Crippen molar-refractivity contribution in [3.8, 4) is 23.0 Å². The lowest BCUT2D eigenvalue weighted by molar-refractivity contribution is -0.940. The summed E-state index contributed by atoms with van der Waals surface area (Å²) in [7, 11) is 4.53. The van der Waals surface area contributed by atoms with Crippen molar-refractivity contribution in [1.82, 2.24) is 0 Å². The molecule has 1 aliphatic heterocycles. The van der Waals surface area contributed by atoms with E-state index in [-0.39, 0.29) is 22.9 Å². The van der Waals surface area contributed by atoms with Crippen LogP contribution in [0.1, 0.15) is 55.3 Å². The summed E-state index contributed by atoms with van der Waals surface area (Å²) in [6.45, 7) is 3.70. The lowest BCUT2D eigenvalue weighted by Gasteiger charge is -2.46. The molecule has 12 nitrogen and oxygen atoms in total. The van der Waals surface area contributed by atoms with E-state index in [1.165, 1.54) is 42.3 Å². The number of carbonyl (C=O) groups is 2. The summed E-state index contributed by atoms with van der Waals surface area (Å²) in [4.78, 5) is 23.3. The maximum atomic E-state index is 12.7. The molecule has 0 bridgehead atoms. The van der Waals surface area contributed by atoms with E-state index < -0.39 is 10.1 Å². The maximum absolute atomic E-state index is 12.7. The summed E-state index contributed by atoms with van der Waals surface area (Å²) in [5, 5.41) is 0. The lowest BCUT2D eigenvalue weighted by atomic mass is 9.86. The molecule has 1 heterocycles. The van der Waals surface area contributed by atoms with Gasteiger partial charge in [0.15, 0.2) is 23.0 Å². The molecule has 0 radical (unpaired) electrons. The number of methoxy groups -OCH3 is 4. The summed E-state index contributed by atoms with van der Waals surface area (Å²) in [5.41, 5.74) is 3.54. The van der Waals surface area contributed by atoms with E-state index in [2.05, 4.69) is 25.2 Å². The minimum atomic E-state index is -4.25. The minimum absolute atomic E-state index is 0.0794. The largest absolute Gasteiger partial charge is 0.744 e. The first-order chi connectivity index (χ1) is 23.8. The molecular formula is C37H49NO11S. The van der Waals surface area contributed by atoms with E-state index in [1.54, 1.807) is 34.5 Å². The van der Waals surface area contributed by atoms with Crippen LogP contribution in [0, 0.1) is 0 Å². The average Bonchev–Trinajstić information content (AvgIpc) is 3.11. The van der Waals surface area contributed by atoms with Crippen molar-refractivity contribution in [2.75, 3.05) is 61.8 Å². The fraction of sp³-hybridized carbons (Fsp3) is 0.459. The van der Waals surface area contributed by atoms with Crippen LogP contribution in [0.2, 0.25) is 0 Å². The summed E-state index contributed by atoms with van der Waals surface area (Å²) in [6.07, 6.45) is 4.29. The van der Waals surface area contributed by atoms with Gasteiger partial charge in [0.2, 0.25) is 0 Å². The molecule has 3 aromatic rings. The van der Waals surface area contributed by atoms with Crippen LogP contribution in [0.25, 0.3) is 0 Å². The fourth-order valence-corrected chi connectivity index (χ4v) is 6.44. The van der Waals surface area contributed by atoms with Crippen molar-refractivity contribution in [2.24, 2.45) is 0 Å². The molecule has 0 N–H and O–H groups in total. The molecule has 1 aliphatic rings. The molecule has 3 aromatic carbocycles. The lowest BCUT2D eigenvalue weighted by Crippen LogP contribution is -2.53. The van der Waals surface area contributed by atoms with Gasteiger partial charge in [-0.2, -0.15) is 0 Å². The van der Waals surface area contributed by atoms with Gasteiger partial charge in [-0.3, -0.25) is 9.59 Å². The molecule has 0 saturated carbocycles. The van der Waals surface area contributed by atoms with E-state index in [0.717, 1.165) is 50.0 Å². The Balaban J connectivity index is 0.000000578. The summed E-state index contributed by atoms with van der Waals surface area (Å²) < 4.78 is 64.2. The number of quaternary nitrogens is 1. The molecule has 0 fully saturated rings. The average molecular weight is 716 g/mol. The number of unbranched alkanes of at least 4 members (excludes halogenated alkanes) is 2. The Morgan fingerprint density at radius 3 is 1.98 bits per heavy atom. The number of hydrogen-bond donors (Lipinski definition) is 0. The molecule has 0 spiro atoms. The van der Waals surface area contributed by atoms with Crippen LogP contribution in [0.4, 0.5) is 0 Å². The van der Waals surface area contributed by atoms with E-state index >= 15 is 0 Å². The van der Waals surface area contributed by atoms with Gasteiger partial charge in [-0.1, -0.05) is 24.3 Å².